The van der Waals surface area contributed by atoms with Gasteiger partial charge in [-0.05, 0) is 11.8 Å². The van der Waals surface area contributed by atoms with Gasteiger partial charge in [-0.15, -0.1) is 0 Å². The summed E-state index contributed by atoms with van der Waals surface area (Å²) < 4.78 is 0. The molecule has 0 amide bonds. The summed E-state index contributed by atoms with van der Waals surface area (Å²) in [6.07, 6.45) is 9.22. The number of hydrogen-bond acceptors (Lipinski definition) is 1. The van der Waals surface area contributed by atoms with Gasteiger partial charge >= 0.3 is 5.97 Å². The molecule has 0 spiro atoms. The quantitative estimate of drug-likeness (QED) is 0.702. The van der Waals surface area contributed by atoms with E-state index in [4.69, 9.17) is 5.11 Å². The van der Waals surface area contributed by atoms with Gasteiger partial charge in [0.2, 0.25) is 0 Å². The first-order chi connectivity index (χ1) is 6.74. The molecule has 1 rings (SSSR count). The van der Waals surface area contributed by atoms with Crippen LogP contribution in [0.3, 0.4) is 0 Å². The fourth-order valence-electron chi connectivity index (χ4n) is 2.65. The summed E-state index contributed by atoms with van der Waals surface area (Å²) in [6, 6.07) is 0. The Morgan fingerprint density at radius 3 is 2.29 bits per heavy atom. The minimum absolute atomic E-state index is 0.376. The molecule has 0 radical (unpaired) electrons. The number of carboxylic acid groups (broad SMARTS) is 1. The van der Waals surface area contributed by atoms with Crippen molar-refractivity contribution in [3.63, 3.8) is 0 Å². The Morgan fingerprint density at radius 1 is 1.29 bits per heavy atom. The zero-order valence-electron chi connectivity index (χ0n) is 9.17. The third kappa shape index (κ3) is 3.69. The second-order valence-electron chi connectivity index (χ2n) is 4.52. The van der Waals surface area contributed by atoms with Gasteiger partial charge in [-0.3, -0.25) is 4.79 Å². The molecule has 1 saturated carbocycles. The van der Waals surface area contributed by atoms with Gasteiger partial charge in [0.1, 0.15) is 0 Å². The molecule has 1 fully saturated rings. The molecule has 0 aromatic heterocycles. The molecule has 2 heteroatoms. The topological polar surface area (TPSA) is 37.3 Å². The molecular weight excluding hydrogens is 176 g/mol. The van der Waals surface area contributed by atoms with E-state index in [1.54, 1.807) is 0 Å². The number of rotatable bonds is 4. The SMILES string of the molecule is CCC(CC(=O)O)C1CCCCCC1. The molecule has 1 atom stereocenters. The highest BCUT2D eigenvalue weighted by atomic mass is 16.4. The van der Waals surface area contributed by atoms with Crippen molar-refractivity contribution in [2.24, 2.45) is 11.8 Å². The zero-order chi connectivity index (χ0) is 10.4. The molecule has 1 aliphatic carbocycles. The molecule has 2 nitrogen and oxygen atoms in total. The molecule has 1 N–H and O–H groups in total. The normalized spacial score (nSPS) is 21.5. The van der Waals surface area contributed by atoms with Gasteiger partial charge in [0.25, 0.3) is 0 Å². The van der Waals surface area contributed by atoms with Gasteiger partial charge in [-0.2, -0.15) is 0 Å². The van der Waals surface area contributed by atoms with E-state index in [-0.39, 0.29) is 0 Å². The molecule has 0 saturated heterocycles. The van der Waals surface area contributed by atoms with Crippen LogP contribution in [0, 0.1) is 11.8 Å². The summed E-state index contributed by atoms with van der Waals surface area (Å²) >= 11 is 0. The molecule has 1 unspecified atom stereocenters. The Balaban J connectivity index is 2.44. The number of hydrogen-bond donors (Lipinski definition) is 1. The average Bonchev–Trinajstić information content (AvgIpc) is 2.41. The Bertz CT molecular complexity index is 169. The Labute approximate surface area is 86.7 Å². The molecule has 0 aliphatic heterocycles. The maximum absolute atomic E-state index is 10.7. The fraction of sp³-hybridized carbons (Fsp3) is 0.917. The van der Waals surface area contributed by atoms with Crippen LogP contribution >= 0.6 is 0 Å². The maximum Gasteiger partial charge on any atom is 0.303 e. The van der Waals surface area contributed by atoms with Crippen molar-refractivity contribution in [2.75, 3.05) is 0 Å². The average molecular weight is 198 g/mol. The van der Waals surface area contributed by atoms with Crippen LogP contribution < -0.4 is 0 Å². The van der Waals surface area contributed by atoms with Crippen LogP contribution in [0.1, 0.15) is 58.3 Å². The summed E-state index contributed by atoms with van der Waals surface area (Å²) in [5.41, 5.74) is 0. The van der Waals surface area contributed by atoms with E-state index in [1.807, 2.05) is 0 Å². The van der Waals surface area contributed by atoms with Crippen molar-refractivity contribution >= 4 is 5.97 Å². The van der Waals surface area contributed by atoms with E-state index in [9.17, 15) is 4.79 Å². The van der Waals surface area contributed by atoms with Crippen LogP contribution in [-0.2, 0) is 4.79 Å². The van der Waals surface area contributed by atoms with Crippen molar-refractivity contribution in [3.8, 4) is 0 Å². The predicted molar refractivity (Wildman–Crippen MR) is 57.2 cm³/mol. The summed E-state index contributed by atoms with van der Waals surface area (Å²) in [5.74, 6) is 0.477. The third-order valence-corrected chi connectivity index (χ3v) is 3.53. The lowest BCUT2D eigenvalue weighted by atomic mass is 9.82. The van der Waals surface area contributed by atoms with Crippen molar-refractivity contribution in [1.82, 2.24) is 0 Å². The maximum atomic E-state index is 10.7. The van der Waals surface area contributed by atoms with E-state index in [0.29, 0.717) is 18.3 Å². The van der Waals surface area contributed by atoms with Crippen LogP contribution in [-0.4, -0.2) is 11.1 Å². The van der Waals surface area contributed by atoms with E-state index < -0.39 is 5.97 Å². The standard InChI is InChI=1S/C12H22O2/c1-2-10(9-12(13)14)11-7-5-3-4-6-8-11/h10-11H,2-9H2,1H3,(H,13,14). The largest absolute Gasteiger partial charge is 0.481 e. The monoisotopic (exact) mass is 198 g/mol. The molecule has 0 heterocycles. The van der Waals surface area contributed by atoms with Gasteiger partial charge in [0.05, 0.1) is 0 Å². The van der Waals surface area contributed by atoms with E-state index in [1.165, 1.54) is 38.5 Å². The fourth-order valence-corrected chi connectivity index (χ4v) is 2.65. The second-order valence-corrected chi connectivity index (χ2v) is 4.52. The molecule has 0 bridgehead atoms. The lowest BCUT2D eigenvalue weighted by Gasteiger charge is -2.23. The van der Waals surface area contributed by atoms with Gasteiger partial charge in [-0.25, -0.2) is 0 Å². The van der Waals surface area contributed by atoms with Crippen molar-refractivity contribution in [1.29, 1.82) is 0 Å². The Hall–Kier alpha value is -0.530. The van der Waals surface area contributed by atoms with Crippen molar-refractivity contribution < 1.29 is 9.90 Å². The van der Waals surface area contributed by atoms with Gasteiger partial charge in [0.15, 0.2) is 0 Å². The second kappa shape index (κ2) is 6.05. The summed E-state index contributed by atoms with van der Waals surface area (Å²) in [4.78, 5) is 10.7. The third-order valence-electron chi connectivity index (χ3n) is 3.53. The van der Waals surface area contributed by atoms with Crippen LogP contribution in [0.5, 0.6) is 0 Å². The first kappa shape index (κ1) is 11.5. The first-order valence-electron chi connectivity index (χ1n) is 5.95. The minimum Gasteiger partial charge on any atom is -0.481 e. The number of carboxylic acids is 1. The smallest absolute Gasteiger partial charge is 0.303 e. The molecule has 0 aromatic rings. The van der Waals surface area contributed by atoms with Crippen molar-refractivity contribution in [2.45, 2.75) is 58.3 Å². The summed E-state index contributed by atoms with van der Waals surface area (Å²) in [5, 5.41) is 8.82. The van der Waals surface area contributed by atoms with Gasteiger partial charge < -0.3 is 5.11 Å². The van der Waals surface area contributed by atoms with Gasteiger partial charge in [-0.1, -0.05) is 51.9 Å². The minimum atomic E-state index is -0.624. The van der Waals surface area contributed by atoms with Crippen molar-refractivity contribution in [3.05, 3.63) is 0 Å². The zero-order valence-corrected chi connectivity index (χ0v) is 9.17. The first-order valence-corrected chi connectivity index (χ1v) is 5.95. The number of aliphatic carboxylic acids is 1. The summed E-state index contributed by atoms with van der Waals surface area (Å²) in [7, 11) is 0. The van der Waals surface area contributed by atoms with Crippen LogP contribution in [0.4, 0.5) is 0 Å². The highest BCUT2D eigenvalue weighted by molar-refractivity contribution is 5.67. The van der Waals surface area contributed by atoms with Crippen LogP contribution in [0.15, 0.2) is 0 Å². The predicted octanol–water partition coefficient (Wildman–Crippen LogP) is 3.46. The molecule has 14 heavy (non-hydrogen) atoms. The highest BCUT2D eigenvalue weighted by Gasteiger charge is 2.23. The molecule has 82 valence electrons. The molecule has 0 aromatic carbocycles. The molecular formula is C12H22O2. The Morgan fingerprint density at radius 2 is 1.86 bits per heavy atom. The van der Waals surface area contributed by atoms with Gasteiger partial charge in [0, 0.05) is 6.42 Å². The highest BCUT2D eigenvalue weighted by Crippen LogP contribution is 2.32. The van der Waals surface area contributed by atoms with Crippen LogP contribution in [0.25, 0.3) is 0 Å². The van der Waals surface area contributed by atoms with Crippen LogP contribution in [0.2, 0.25) is 0 Å². The molecule has 1 aliphatic rings. The lowest BCUT2D eigenvalue weighted by Crippen LogP contribution is -2.17. The number of carbonyl (C=O) groups is 1. The van der Waals surface area contributed by atoms with E-state index in [2.05, 4.69) is 6.92 Å². The summed E-state index contributed by atoms with van der Waals surface area (Å²) in [6.45, 7) is 2.12. The Kier molecular flexibility index (Phi) is 4.99. The lowest BCUT2D eigenvalue weighted by molar-refractivity contribution is -0.138. The van der Waals surface area contributed by atoms with E-state index >= 15 is 0 Å². The van der Waals surface area contributed by atoms with E-state index in [0.717, 1.165) is 6.42 Å².